The van der Waals surface area contributed by atoms with Crippen LogP contribution in [0.2, 0.25) is 0 Å². The van der Waals surface area contributed by atoms with Crippen molar-refractivity contribution >= 4 is 17.6 Å². The molecule has 1 aliphatic carbocycles. The van der Waals surface area contributed by atoms with Gasteiger partial charge < -0.3 is 16.0 Å². The van der Waals surface area contributed by atoms with E-state index in [4.69, 9.17) is 0 Å². The summed E-state index contributed by atoms with van der Waals surface area (Å²) in [5.74, 6) is 1.58. The van der Waals surface area contributed by atoms with Crippen molar-refractivity contribution in [2.45, 2.75) is 52.9 Å². The third kappa shape index (κ3) is 6.36. The summed E-state index contributed by atoms with van der Waals surface area (Å²) in [6, 6.07) is 7.98. The van der Waals surface area contributed by atoms with Crippen LogP contribution < -0.4 is 16.0 Å². The van der Waals surface area contributed by atoms with Crippen molar-refractivity contribution in [3.8, 4) is 0 Å². The molecule has 26 heavy (non-hydrogen) atoms. The molecule has 0 aromatic heterocycles. The molecule has 144 valence electrons. The Morgan fingerprint density at radius 2 is 1.88 bits per heavy atom. The van der Waals surface area contributed by atoms with Gasteiger partial charge in [0.15, 0.2) is 5.96 Å². The predicted octanol–water partition coefficient (Wildman–Crippen LogP) is 3.57. The average molecular weight is 359 g/mol. The Morgan fingerprint density at radius 3 is 2.38 bits per heavy atom. The van der Waals surface area contributed by atoms with Crippen LogP contribution in [-0.4, -0.2) is 32.0 Å². The molecule has 5 nitrogen and oxygen atoms in total. The van der Waals surface area contributed by atoms with Gasteiger partial charge in [0.2, 0.25) is 5.91 Å². The summed E-state index contributed by atoms with van der Waals surface area (Å²) in [4.78, 5) is 15.4. The zero-order valence-corrected chi connectivity index (χ0v) is 16.7. The van der Waals surface area contributed by atoms with Gasteiger partial charge in [0.05, 0.1) is 0 Å². The van der Waals surface area contributed by atoms with Crippen molar-refractivity contribution < 1.29 is 4.79 Å². The van der Waals surface area contributed by atoms with Gasteiger partial charge in [-0.1, -0.05) is 32.4 Å². The van der Waals surface area contributed by atoms with Crippen LogP contribution in [0.3, 0.4) is 0 Å². The Bertz CT molecular complexity index is 603. The molecule has 0 unspecified atom stereocenters. The second-order valence-electron chi connectivity index (χ2n) is 7.93. The van der Waals surface area contributed by atoms with Crippen molar-refractivity contribution in [2.75, 3.05) is 25.5 Å². The van der Waals surface area contributed by atoms with Crippen LogP contribution in [0.5, 0.6) is 0 Å². The van der Waals surface area contributed by atoms with Crippen LogP contribution >= 0.6 is 0 Å². The van der Waals surface area contributed by atoms with Gasteiger partial charge in [0.25, 0.3) is 0 Å². The van der Waals surface area contributed by atoms with Crippen LogP contribution in [0.1, 0.15) is 52.0 Å². The first-order valence-corrected chi connectivity index (χ1v) is 9.73. The summed E-state index contributed by atoms with van der Waals surface area (Å²) in [6.07, 6.45) is 6.22. The van der Waals surface area contributed by atoms with Gasteiger partial charge in [0, 0.05) is 32.7 Å². The van der Waals surface area contributed by atoms with Crippen molar-refractivity contribution in [3.63, 3.8) is 0 Å². The minimum Gasteiger partial charge on any atom is -0.356 e. The topological polar surface area (TPSA) is 65.5 Å². The van der Waals surface area contributed by atoms with E-state index in [2.05, 4.69) is 46.9 Å². The van der Waals surface area contributed by atoms with E-state index in [9.17, 15) is 4.79 Å². The Kier molecular flexibility index (Phi) is 7.49. The lowest BCUT2D eigenvalue weighted by molar-refractivity contribution is -0.114. The van der Waals surface area contributed by atoms with Crippen LogP contribution in [0.4, 0.5) is 5.69 Å². The van der Waals surface area contributed by atoms with Gasteiger partial charge in [0.1, 0.15) is 0 Å². The number of amides is 1. The molecular formula is C21H34N4O. The highest BCUT2D eigenvalue weighted by Crippen LogP contribution is 2.45. The number of carbonyl (C=O) groups excluding carboxylic acids is 1. The summed E-state index contributed by atoms with van der Waals surface area (Å²) < 4.78 is 0. The largest absolute Gasteiger partial charge is 0.356 e. The number of carbonyl (C=O) groups is 1. The molecule has 0 bridgehead atoms. The number of benzene rings is 1. The Hall–Kier alpha value is -2.04. The quantitative estimate of drug-likeness (QED) is 0.492. The number of nitrogens with one attached hydrogen (secondary N) is 3. The fourth-order valence-electron chi connectivity index (χ4n) is 3.77. The molecular weight excluding hydrogens is 324 g/mol. The number of anilines is 1. The van der Waals surface area contributed by atoms with Crippen molar-refractivity contribution in [3.05, 3.63) is 29.8 Å². The van der Waals surface area contributed by atoms with E-state index >= 15 is 0 Å². The molecule has 0 aliphatic heterocycles. The molecule has 1 aromatic carbocycles. The molecule has 0 heterocycles. The van der Waals surface area contributed by atoms with Gasteiger partial charge >= 0.3 is 0 Å². The Balaban J connectivity index is 1.74. The maximum Gasteiger partial charge on any atom is 0.221 e. The highest BCUT2D eigenvalue weighted by Gasteiger charge is 2.37. The molecule has 1 amide bonds. The first kappa shape index (κ1) is 20.3. The molecule has 1 aliphatic rings. The molecule has 2 rings (SSSR count). The van der Waals surface area contributed by atoms with Gasteiger partial charge in [-0.2, -0.15) is 0 Å². The van der Waals surface area contributed by atoms with E-state index < -0.39 is 0 Å². The first-order chi connectivity index (χ1) is 12.4. The van der Waals surface area contributed by atoms with Crippen LogP contribution in [0, 0.1) is 11.3 Å². The molecule has 0 radical (unpaired) electrons. The van der Waals surface area contributed by atoms with Crippen molar-refractivity contribution in [2.24, 2.45) is 16.3 Å². The Morgan fingerprint density at radius 1 is 1.19 bits per heavy atom. The normalized spacial score (nSPS) is 16.1. The lowest BCUT2D eigenvalue weighted by Crippen LogP contribution is -2.47. The maximum absolute atomic E-state index is 11.1. The second-order valence-corrected chi connectivity index (χ2v) is 7.93. The van der Waals surface area contributed by atoms with E-state index in [0.29, 0.717) is 5.41 Å². The molecule has 0 spiro atoms. The van der Waals surface area contributed by atoms with Gasteiger partial charge in [-0.3, -0.25) is 9.79 Å². The molecule has 0 atom stereocenters. The van der Waals surface area contributed by atoms with E-state index in [1.54, 1.807) is 0 Å². The highest BCUT2D eigenvalue weighted by molar-refractivity contribution is 5.88. The molecule has 0 saturated heterocycles. The third-order valence-corrected chi connectivity index (χ3v) is 5.09. The average Bonchev–Trinajstić information content (AvgIpc) is 2.56. The van der Waals surface area contributed by atoms with Gasteiger partial charge in [-0.05, 0) is 54.7 Å². The van der Waals surface area contributed by atoms with Crippen molar-refractivity contribution in [1.82, 2.24) is 10.6 Å². The number of aliphatic imine (C=N–C) groups is 1. The van der Waals surface area contributed by atoms with Crippen LogP contribution in [0.25, 0.3) is 0 Å². The van der Waals surface area contributed by atoms with Crippen LogP contribution in [0.15, 0.2) is 29.3 Å². The first-order valence-electron chi connectivity index (χ1n) is 9.73. The molecule has 3 N–H and O–H groups in total. The molecule has 1 fully saturated rings. The summed E-state index contributed by atoms with van der Waals surface area (Å²) in [6.45, 7) is 7.98. The van der Waals surface area contributed by atoms with E-state index in [-0.39, 0.29) is 5.91 Å². The SMILES string of the molecule is CN=C(NCCc1ccc(NC(C)=O)cc1)NCC1(CC(C)C)CCC1. The monoisotopic (exact) mass is 358 g/mol. The zero-order chi connectivity index (χ0) is 19.0. The second kappa shape index (κ2) is 9.60. The smallest absolute Gasteiger partial charge is 0.221 e. The van der Waals surface area contributed by atoms with E-state index in [0.717, 1.165) is 37.1 Å². The molecule has 1 saturated carbocycles. The van der Waals surface area contributed by atoms with Crippen LogP contribution in [-0.2, 0) is 11.2 Å². The summed E-state index contributed by atoms with van der Waals surface area (Å²) in [5, 5.41) is 9.72. The standard InChI is InChI=1S/C21H34N4O/c1-16(2)14-21(11-5-12-21)15-24-20(22-4)23-13-10-18-6-8-19(9-7-18)25-17(3)26/h6-9,16H,5,10-15H2,1-4H3,(H,25,26)(H2,22,23,24). The van der Waals surface area contributed by atoms with Gasteiger partial charge in [-0.25, -0.2) is 0 Å². The summed E-state index contributed by atoms with van der Waals surface area (Å²) in [7, 11) is 1.83. The lowest BCUT2D eigenvalue weighted by atomic mass is 9.64. The fraction of sp³-hybridized carbons (Fsp3) is 0.619. The van der Waals surface area contributed by atoms with Crippen molar-refractivity contribution in [1.29, 1.82) is 0 Å². The minimum atomic E-state index is -0.0454. The molecule has 1 aromatic rings. The number of rotatable bonds is 8. The third-order valence-electron chi connectivity index (χ3n) is 5.09. The van der Waals surface area contributed by atoms with E-state index in [1.807, 2.05) is 19.2 Å². The Labute approximate surface area is 158 Å². The molecule has 5 heteroatoms. The highest BCUT2D eigenvalue weighted by atomic mass is 16.1. The number of nitrogens with zero attached hydrogens (tertiary/aromatic N) is 1. The lowest BCUT2D eigenvalue weighted by Gasteiger charge is -2.43. The maximum atomic E-state index is 11.1. The minimum absolute atomic E-state index is 0.0454. The van der Waals surface area contributed by atoms with E-state index in [1.165, 1.54) is 38.2 Å². The van der Waals surface area contributed by atoms with Gasteiger partial charge in [-0.15, -0.1) is 0 Å². The summed E-state index contributed by atoms with van der Waals surface area (Å²) >= 11 is 0. The summed E-state index contributed by atoms with van der Waals surface area (Å²) in [5.41, 5.74) is 2.53. The predicted molar refractivity (Wildman–Crippen MR) is 110 cm³/mol. The number of hydrogen-bond acceptors (Lipinski definition) is 2. The number of hydrogen-bond donors (Lipinski definition) is 3. The number of guanidine groups is 1. The fourth-order valence-corrected chi connectivity index (χ4v) is 3.77. The zero-order valence-electron chi connectivity index (χ0n) is 16.7.